The van der Waals surface area contributed by atoms with Crippen molar-refractivity contribution in [3.05, 3.63) is 0 Å². The molecule has 0 unspecified atom stereocenters. The molecule has 0 bridgehead atoms. The first-order valence-electron chi connectivity index (χ1n) is 5.11. The Balaban J connectivity index is 2.69. The molecule has 0 aliphatic carbocycles. The van der Waals surface area contributed by atoms with Crippen LogP contribution in [0, 0.1) is 11.8 Å². The molecule has 2 nitrogen and oxygen atoms in total. The lowest BCUT2D eigenvalue weighted by atomic mass is 9.87. The smallest absolute Gasteiger partial charge is 0.141 e. The van der Waals surface area contributed by atoms with Gasteiger partial charge in [-0.25, -0.2) is 0 Å². The third-order valence-electron chi connectivity index (χ3n) is 2.91. The maximum atomic E-state index is 11.6. The molecule has 1 saturated heterocycles. The lowest BCUT2D eigenvalue weighted by Gasteiger charge is -2.42. The third-order valence-corrected chi connectivity index (χ3v) is 2.91. The zero-order chi connectivity index (χ0) is 10.2. The molecular formula is C11H21NO. The van der Waals surface area contributed by atoms with Crippen molar-refractivity contribution in [2.24, 2.45) is 11.8 Å². The van der Waals surface area contributed by atoms with Gasteiger partial charge < -0.3 is 0 Å². The first kappa shape index (κ1) is 10.7. The number of carbonyl (C=O) groups excluding carboxylic acids is 1. The van der Waals surface area contributed by atoms with Gasteiger partial charge in [0.1, 0.15) is 5.78 Å². The zero-order valence-corrected chi connectivity index (χ0v) is 9.42. The molecule has 2 heteroatoms. The fraction of sp³-hybridized carbons (Fsp3) is 0.909. The van der Waals surface area contributed by atoms with E-state index < -0.39 is 0 Å². The quantitative estimate of drug-likeness (QED) is 0.572. The van der Waals surface area contributed by atoms with Gasteiger partial charge in [-0.05, 0) is 20.8 Å². The number of rotatable bonds is 0. The van der Waals surface area contributed by atoms with E-state index in [1.165, 1.54) is 0 Å². The fourth-order valence-corrected chi connectivity index (χ4v) is 1.95. The van der Waals surface area contributed by atoms with E-state index >= 15 is 0 Å². The molecule has 0 radical (unpaired) electrons. The van der Waals surface area contributed by atoms with E-state index in [-0.39, 0.29) is 17.4 Å². The monoisotopic (exact) mass is 183 g/mol. The SMILES string of the molecule is C[C@@H]1CN(C(C)(C)C)C[C@H](C)C1=O. The Morgan fingerprint density at radius 1 is 1.15 bits per heavy atom. The molecule has 1 rings (SSSR count). The molecule has 0 saturated carbocycles. The van der Waals surface area contributed by atoms with E-state index in [1.54, 1.807) is 0 Å². The van der Waals surface area contributed by atoms with Crippen molar-refractivity contribution < 1.29 is 4.79 Å². The van der Waals surface area contributed by atoms with Crippen LogP contribution in [-0.2, 0) is 4.79 Å². The van der Waals surface area contributed by atoms with Crippen LogP contribution in [0.25, 0.3) is 0 Å². The zero-order valence-electron chi connectivity index (χ0n) is 9.42. The molecule has 1 fully saturated rings. The summed E-state index contributed by atoms with van der Waals surface area (Å²) in [5, 5.41) is 0. The maximum Gasteiger partial charge on any atom is 0.141 e. The number of Topliss-reactive ketones (excluding diaryl/α,β-unsaturated/α-hetero) is 1. The molecule has 76 valence electrons. The highest BCUT2D eigenvalue weighted by atomic mass is 16.1. The standard InChI is InChI=1S/C11H21NO/c1-8-6-12(11(3,4)5)7-9(2)10(8)13/h8-9H,6-7H2,1-5H3/t8-,9+. The Bertz CT molecular complexity index is 191. The van der Waals surface area contributed by atoms with Gasteiger partial charge in [0, 0.05) is 30.5 Å². The van der Waals surface area contributed by atoms with Crippen molar-refractivity contribution in [2.75, 3.05) is 13.1 Å². The van der Waals surface area contributed by atoms with E-state index in [9.17, 15) is 4.79 Å². The normalized spacial score (nSPS) is 32.2. The van der Waals surface area contributed by atoms with Crippen LogP contribution in [0.2, 0.25) is 0 Å². The number of piperidine rings is 1. The summed E-state index contributed by atoms with van der Waals surface area (Å²) >= 11 is 0. The molecule has 1 aliphatic rings. The van der Waals surface area contributed by atoms with Crippen LogP contribution in [0.3, 0.4) is 0 Å². The summed E-state index contributed by atoms with van der Waals surface area (Å²) in [6.45, 7) is 12.6. The van der Waals surface area contributed by atoms with Crippen molar-refractivity contribution in [3.8, 4) is 0 Å². The predicted octanol–water partition coefficient (Wildman–Crippen LogP) is 1.94. The third kappa shape index (κ3) is 2.31. The van der Waals surface area contributed by atoms with E-state index in [2.05, 4.69) is 25.7 Å². The molecule has 0 spiro atoms. The second-order valence-corrected chi connectivity index (χ2v) is 5.28. The van der Waals surface area contributed by atoms with Crippen molar-refractivity contribution in [1.82, 2.24) is 4.90 Å². The van der Waals surface area contributed by atoms with E-state index in [0.29, 0.717) is 5.78 Å². The highest BCUT2D eigenvalue weighted by Crippen LogP contribution is 2.24. The Labute approximate surface area is 81.3 Å². The average molecular weight is 183 g/mol. The second kappa shape index (κ2) is 3.41. The molecule has 0 aromatic carbocycles. The van der Waals surface area contributed by atoms with Gasteiger partial charge in [-0.2, -0.15) is 0 Å². The van der Waals surface area contributed by atoms with Crippen molar-refractivity contribution in [3.63, 3.8) is 0 Å². The van der Waals surface area contributed by atoms with E-state index in [0.717, 1.165) is 13.1 Å². The number of hydrogen-bond acceptors (Lipinski definition) is 2. The fourth-order valence-electron chi connectivity index (χ4n) is 1.95. The number of nitrogens with zero attached hydrogens (tertiary/aromatic N) is 1. The summed E-state index contributed by atoms with van der Waals surface area (Å²) in [4.78, 5) is 14.0. The van der Waals surface area contributed by atoms with E-state index in [4.69, 9.17) is 0 Å². The van der Waals surface area contributed by atoms with Gasteiger partial charge in [0.25, 0.3) is 0 Å². The molecule has 0 amide bonds. The van der Waals surface area contributed by atoms with Crippen LogP contribution in [0.5, 0.6) is 0 Å². The predicted molar refractivity (Wildman–Crippen MR) is 54.7 cm³/mol. The number of likely N-dealkylation sites (tertiary alicyclic amines) is 1. The molecule has 2 atom stereocenters. The van der Waals surface area contributed by atoms with Crippen molar-refractivity contribution >= 4 is 5.78 Å². The summed E-state index contributed by atoms with van der Waals surface area (Å²) in [6.07, 6.45) is 0. The highest BCUT2D eigenvalue weighted by Gasteiger charge is 2.34. The van der Waals surface area contributed by atoms with Gasteiger partial charge in [0.15, 0.2) is 0 Å². The van der Waals surface area contributed by atoms with Crippen molar-refractivity contribution in [1.29, 1.82) is 0 Å². The second-order valence-electron chi connectivity index (χ2n) is 5.28. The molecular weight excluding hydrogens is 162 g/mol. The van der Waals surface area contributed by atoms with Crippen LogP contribution in [0.1, 0.15) is 34.6 Å². The van der Waals surface area contributed by atoms with E-state index in [1.807, 2.05) is 13.8 Å². The molecule has 0 N–H and O–H groups in total. The van der Waals surface area contributed by atoms with Crippen LogP contribution in [-0.4, -0.2) is 29.3 Å². The van der Waals surface area contributed by atoms with Crippen LogP contribution in [0.4, 0.5) is 0 Å². The molecule has 1 aliphatic heterocycles. The Morgan fingerprint density at radius 3 is 1.85 bits per heavy atom. The minimum Gasteiger partial charge on any atom is -0.299 e. The van der Waals surface area contributed by atoms with Gasteiger partial charge in [-0.1, -0.05) is 13.8 Å². The van der Waals surface area contributed by atoms with Gasteiger partial charge in [0.05, 0.1) is 0 Å². The lowest BCUT2D eigenvalue weighted by molar-refractivity contribution is -0.131. The van der Waals surface area contributed by atoms with Gasteiger partial charge >= 0.3 is 0 Å². The highest BCUT2D eigenvalue weighted by molar-refractivity contribution is 5.84. The summed E-state index contributed by atoms with van der Waals surface area (Å²) in [7, 11) is 0. The molecule has 0 aromatic heterocycles. The minimum absolute atomic E-state index is 0.198. The first-order valence-corrected chi connectivity index (χ1v) is 5.11. The largest absolute Gasteiger partial charge is 0.299 e. The summed E-state index contributed by atoms with van der Waals surface area (Å²) in [5.74, 6) is 0.853. The Kier molecular flexibility index (Phi) is 2.81. The van der Waals surface area contributed by atoms with Gasteiger partial charge in [-0.15, -0.1) is 0 Å². The Morgan fingerprint density at radius 2 is 1.54 bits per heavy atom. The lowest BCUT2D eigenvalue weighted by Crippen LogP contribution is -2.52. The molecule has 13 heavy (non-hydrogen) atoms. The van der Waals surface area contributed by atoms with Gasteiger partial charge in [-0.3, -0.25) is 9.69 Å². The number of hydrogen-bond donors (Lipinski definition) is 0. The van der Waals surface area contributed by atoms with Crippen LogP contribution >= 0.6 is 0 Å². The Hall–Kier alpha value is -0.370. The summed E-state index contributed by atoms with van der Waals surface area (Å²) in [6, 6.07) is 0. The number of carbonyl (C=O) groups is 1. The summed E-state index contributed by atoms with van der Waals surface area (Å²) < 4.78 is 0. The van der Waals surface area contributed by atoms with Gasteiger partial charge in [0.2, 0.25) is 0 Å². The number of ketones is 1. The van der Waals surface area contributed by atoms with Crippen molar-refractivity contribution in [2.45, 2.75) is 40.2 Å². The minimum atomic E-state index is 0.198. The maximum absolute atomic E-state index is 11.6. The average Bonchev–Trinajstić information content (AvgIpc) is 1.97. The molecule has 0 aromatic rings. The molecule has 1 heterocycles. The summed E-state index contributed by atoms with van der Waals surface area (Å²) in [5.41, 5.74) is 0.198. The van der Waals surface area contributed by atoms with Crippen LogP contribution < -0.4 is 0 Å². The first-order chi connectivity index (χ1) is 5.82. The topological polar surface area (TPSA) is 20.3 Å². The van der Waals surface area contributed by atoms with Crippen LogP contribution in [0.15, 0.2) is 0 Å².